The maximum atomic E-state index is 12.7. The number of para-hydroxylation sites is 1. The molecule has 2 aromatic carbocycles. The number of piperidine rings is 1. The summed E-state index contributed by atoms with van der Waals surface area (Å²) in [6, 6.07) is 10.6. The summed E-state index contributed by atoms with van der Waals surface area (Å²) in [4.78, 5) is 25.1. The van der Waals surface area contributed by atoms with Gasteiger partial charge in [-0.05, 0) is 31.4 Å². The second kappa shape index (κ2) is 9.13. The summed E-state index contributed by atoms with van der Waals surface area (Å²) in [5, 5.41) is 14.7. The SMILES string of the molecule is COc1ccccc1CC(=O)N1CCC(Nc2c(C)cc([N+](=O)[O-])cc2Cl)CC1. The van der Waals surface area contributed by atoms with Crippen LogP contribution < -0.4 is 10.1 Å². The normalized spacial score (nSPS) is 14.5. The monoisotopic (exact) mass is 417 g/mol. The average molecular weight is 418 g/mol. The average Bonchev–Trinajstić information content (AvgIpc) is 2.71. The maximum absolute atomic E-state index is 12.7. The summed E-state index contributed by atoms with van der Waals surface area (Å²) < 4.78 is 5.33. The third-order valence-corrected chi connectivity index (χ3v) is 5.51. The van der Waals surface area contributed by atoms with Crippen molar-refractivity contribution >= 4 is 28.9 Å². The molecule has 0 radical (unpaired) electrons. The Balaban J connectivity index is 1.58. The van der Waals surface area contributed by atoms with Gasteiger partial charge in [-0.1, -0.05) is 29.8 Å². The largest absolute Gasteiger partial charge is 0.496 e. The molecule has 0 unspecified atom stereocenters. The summed E-state index contributed by atoms with van der Waals surface area (Å²) in [5.74, 6) is 0.804. The van der Waals surface area contributed by atoms with Crippen LogP contribution in [0.1, 0.15) is 24.0 Å². The first-order valence-electron chi connectivity index (χ1n) is 9.49. The second-order valence-electron chi connectivity index (χ2n) is 7.16. The number of nitro groups is 1. The topological polar surface area (TPSA) is 84.7 Å². The molecule has 0 aliphatic carbocycles. The van der Waals surface area contributed by atoms with Gasteiger partial charge in [0, 0.05) is 36.8 Å². The first-order valence-corrected chi connectivity index (χ1v) is 9.87. The number of benzene rings is 2. The molecule has 0 spiro atoms. The molecule has 1 N–H and O–H groups in total. The number of nitrogens with zero attached hydrogens (tertiary/aromatic N) is 2. The number of nitrogens with one attached hydrogen (secondary N) is 1. The van der Waals surface area contributed by atoms with Crippen molar-refractivity contribution in [3.63, 3.8) is 0 Å². The first-order chi connectivity index (χ1) is 13.9. The summed E-state index contributed by atoms with van der Waals surface area (Å²) in [6.45, 7) is 3.09. The number of ether oxygens (including phenoxy) is 1. The molecule has 3 rings (SSSR count). The Labute approximate surface area is 174 Å². The van der Waals surface area contributed by atoms with Gasteiger partial charge in [-0.3, -0.25) is 14.9 Å². The molecule has 1 aliphatic rings. The lowest BCUT2D eigenvalue weighted by Crippen LogP contribution is -2.43. The molecule has 154 valence electrons. The van der Waals surface area contributed by atoms with Gasteiger partial charge in [-0.15, -0.1) is 0 Å². The number of hydrogen-bond donors (Lipinski definition) is 1. The number of non-ortho nitro benzene ring substituents is 1. The maximum Gasteiger partial charge on any atom is 0.271 e. The summed E-state index contributed by atoms with van der Waals surface area (Å²) in [5.41, 5.74) is 2.32. The van der Waals surface area contributed by atoms with Gasteiger partial charge in [0.1, 0.15) is 5.75 Å². The van der Waals surface area contributed by atoms with E-state index >= 15 is 0 Å². The van der Waals surface area contributed by atoms with Crippen molar-refractivity contribution in [3.8, 4) is 5.75 Å². The molecule has 29 heavy (non-hydrogen) atoms. The number of anilines is 1. The van der Waals surface area contributed by atoms with Crippen LogP contribution in [0, 0.1) is 17.0 Å². The molecular formula is C21H24ClN3O4. The molecule has 1 amide bonds. The Bertz CT molecular complexity index is 888. The van der Waals surface area contributed by atoms with Crippen molar-refractivity contribution in [1.29, 1.82) is 0 Å². The molecule has 2 aromatic rings. The lowest BCUT2D eigenvalue weighted by Gasteiger charge is -2.33. The van der Waals surface area contributed by atoms with Crippen LogP contribution in [0.3, 0.4) is 0 Å². The molecule has 1 saturated heterocycles. The van der Waals surface area contributed by atoms with Gasteiger partial charge in [-0.2, -0.15) is 0 Å². The molecule has 8 heteroatoms. The smallest absolute Gasteiger partial charge is 0.271 e. The van der Waals surface area contributed by atoms with Crippen molar-refractivity contribution in [2.75, 3.05) is 25.5 Å². The fourth-order valence-corrected chi connectivity index (χ4v) is 3.93. The van der Waals surface area contributed by atoms with Crippen LogP contribution in [0.4, 0.5) is 11.4 Å². The molecule has 0 atom stereocenters. The van der Waals surface area contributed by atoms with Crippen LogP contribution in [0.15, 0.2) is 36.4 Å². The fourth-order valence-electron chi connectivity index (χ4n) is 3.62. The van der Waals surface area contributed by atoms with E-state index in [0.29, 0.717) is 24.5 Å². The minimum Gasteiger partial charge on any atom is -0.496 e. The van der Waals surface area contributed by atoms with Crippen molar-refractivity contribution < 1.29 is 14.5 Å². The summed E-state index contributed by atoms with van der Waals surface area (Å²) in [6.07, 6.45) is 1.88. The standard InChI is InChI=1S/C21H24ClN3O4/c1-14-11-17(25(27)28)13-18(22)21(14)23-16-7-9-24(10-8-16)20(26)12-15-5-3-4-6-19(15)29-2/h3-6,11,13,16,23H,7-10,12H2,1-2H3. The van der Waals surface area contributed by atoms with Gasteiger partial charge in [0.05, 0.1) is 29.2 Å². The zero-order valence-electron chi connectivity index (χ0n) is 16.5. The number of rotatable bonds is 6. The van der Waals surface area contributed by atoms with E-state index in [1.165, 1.54) is 12.1 Å². The number of hydrogen-bond acceptors (Lipinski definition) is 5. The van der Waals surface area contributed by atoms with E-state index in [2.05, 4.69) is 5.32 Å². The van der Waals surface area contributed by atoms with Crippen LogP contribution in [-0.4, -0.2) is 42.0 Å². The first kappa shape index (κ1) is 20.9. The summed E-state index contributed by atoms with van der Waals surface area (Å²) in [7, 11) is 1.60. The number of nitro benzene ring substituents is 1. The molecule has 7 nitrogen and oxygen atoms in total. The number of likely N-dealkylation sites (tertiary alicyclic amines) is 1. The number of halogens is 1. The van der Waals surface area contributed by atoms with Gasteiger partial charge in [-0.25, -0.2) is 0 Å². The number of carbonyl (C=O) groups excluding carboxylic acids is 1. The van der Waals surface area contributed by atoms with Crippen LogP contribution in [0.25, 0.3) is 0 Å². The van der Waals surface area contributed by atoms with E-state index in [1.807, 2.05) is 29.2 Å². The number of aryl methyl sites for hydroxylation is 1. The predicted octanol–water partition coefficient (Wildman–Crippen LogP) is 4.21. The number of carbonyl (C=O) groups is 1. The lowest BCUT2D eigenvalue weighted by molar-refractivity contribution is -0.384. The highest BCUT2D eigenvalue weighted by atomic mass is 35.5. The highest BCUT2D eigenvalue weighted by Crippen LogP contribution is 2.32. The van der Waals surface area contributed by atoms with E-state index in [-0.39, 0.29) is 17.6 Å². The Hall–Kier alpha value is -2.80. The number of methoxy groups -OCH3 is 1. The van der Waals surface area contributed by atoms with Crippen molar-refractivity contribution in [1.82, 2.24) is 4.90 Å². The van der Waals surface area contributed by atoms with E-state index in [9.17, 15) is 14.9 Å². The Morgan fingerprint density at radius 1 is 1.31 bits per heavy atom. The van der Waals surface area contributed by atoms with E-state index < -0.39 is 4.92 Å². The molecule has 1 fully saturated rings. The molecule has 1 aliphatic heterocycles. The number of amides is 1. The van der Waals surface area contributed by atoms with Gasteiger partial charge in [0.25, 0.3) is 5.69 Å². The fraction of sp³-hybridized carbons (Fsp3) is 0.381. The van der Waals surface area contributed by atoms with E-state index in [1.54, 1.807) is 14.0 Å². The lowest BCUT2D eigenvalue weighted by atomic mass is 10.0. The van der Waals surface area contributed by atoms with Crippen molar-refractivity contribution in [2.24, 2.45) is 0 Å². The van der Waals surface area contributed by atoms with Crippen molar-refractivity contribution in [2.45, 2.75) is 32.2 Å². The second-order valence-corrected chi connectivity index (χ2v) is 7.57. The molecule has 0 bridgehead atoms. The Kier molecular flexibility index (Phi) is 6.59. The summed E-state index contributed by atoms with van der Waals surface area (Å²) >= 11 is 6.25. The Morgan fingerprint density at radius 2 is 2.00 bits per heavy atom. The zero-order chi connectivity index (χ0) is 21.0. The van der Waals surface area contributed by atoms with Crippen molar-refractivity contribution in [3.05, 3.63) is 62.7 Å². The van der Waals surface area contributed by atoms with E-state index in [0.717, 1.165) is 35.4 Å². The zero-order valence-corrected chi connectivity index (χ0v) is 17.2. The van der Waals surface area contributed by atoms with Gasteiger partial charge >= 0.3 is 0 Å². The quantitative estimate of drug-likeness (QED) is 0.562. The van der Waals surface area contributed by atoms with Crippen LogP contribution in [0.2, 0.25) is 5.02 Å². The molecular weight excluding hydrogens is 394 g/mol. The van der Waals surface area contributed by atoms with Gasteiger partial charge < -0.3 is 15.0 Å². The van der Waals surface area contributed by atoms with Gasteiger partial charge in [0.2, 0.25) is 5.91 Å². The third-order valence-electron chi connectivity index (χ3n) is 5.21. The highest BCUT2D eigenvalue weighted by Gasteiger charge is 2.24. The minimum atomic E-state index is -0.450. The Morgan fingerprint density at radius 3 is 2.62 bits per heavy atom. The van der Waals surface area contributed by atoms with Gasteiger partial charge in [0.15, 0.2) is 0 Å². The van der Waals surface area contributed by atoms with E-state index in [4.69, 9.17) is 16.3 Å². The molecule has 0 aromatic heterocycles. The van der Waals surface area contributed by atoms with Crippen LogP contribution in [-0.2, 0) is 11.2 Å². The van der Waals surface area contributed by atoms with Crippen LogP contribution in [0.5, 0.6) is 5.75 Å². The predicted molar refractivity (Wildman–Crippen MR) is 113 cm³/mol. The highest BCUT2D eigenvalue weighted by molar-refractivity contribution is 6.33. The minimum absolute atomic E-state index is 0.0187. The third kappa shape index (κ3) is 4.98. The van der Waals surface area contributed by atoms with Crippen LogP contribution >= 0.6 is 11.6 Å². The molecule has 0 saturated carbocycles. The molecule has 1 heterocycles.